The normalized spacial score (nSPS) is 11.0. The van der Waals surface area contributed by atoms with E-state index >= 15 is 0 Å². The van der Waals surface area contributed by atoms with Crippen LogP contribution in [0.1, 0.15) is 22.5 Å². The average Bonchev–Trinajstić information content (AvgIpc) is 2.95. The van der Waals surface area contributed by atoms with E-state index in [4.69, 9.17) is 16.3 Å². The number of amides is 1. The summed E-state index contributed by atoms with van der Waals surface area (Å²) in [6, 6.07) is 17.2. The van der Waals surface area contributed by atoms with Crippen LogP contribution in [0.15, 0.2) is 59.7 Å². The van der Waals surface area contributed by atoms with Gasteiger partial charge in [-0.1, -0.05) is 23.7 Å². The Bertz CT molecular complexity index is 1010. The lowest BCUT2D eigenvalue weighted by Crippen LogP contribution is -2.24. The van der Waals surface area contributed by atoms with Crippen molar-refractivity contribution in [3.63, 3.8) is 0 Å². The summed E-state index contributed by atoms with van der Waals surface area (Å²) >= 11 is 5.82. The molecule has 5 nitrogen and oxygen atoms in total. The van der Waals surface area contributed by atoms with Crippen LogP contribution in [0.2, 0.25) is 5.02 Å². The van der Waals surface area contributed by atoms with Crippen LogP contribution in [0.5, 0.6) is 5.75 Å². The summed E-state index contributed by atoms with van der Waals surface area (Å²) in [4.78, 5) is 11.9. The number of hydrogen-bond acceptors (Lipinski definition) is 3. The van der Waals surface area contributed by atoms with Crippen molar-refractivity contribution in [3.05, 3.63) is 82.1 Å². The summed E-state index contributed by atoms with van der Waals surface area (Å²) in [5.41, 5.74) is 7.89. The van der Waals surface area contributed by atoms with Crippen LogP contribution >= 0.6 is 11.6 Å². The van der Waals surface area contributed by atoms with E-state index in [0.29, 0.717) is 10.8 Å². The third-order valence-corrected chi connectivity index (χ3v) is 4.56. The highest BCUT2D eigenvalue weighted by Gasteiger charge is 2.09. The van der Waals surface area contributed by atoms with Crippen LogP contribution in [-0.2, 0) is 4.79 Å². The maximum absolute atomic E-state index is 11.9. The Hall–Kier alpha value is -3.05. The number of carbonyl (C=O) groups is 1. The lowest BCUT2D eigenvalue weighted by Gasteiger charge is -2.10. The van der Waals surface area contributed by atoms with E-state index in [1.54, 1.807) is 30.5 Å². The van der Waals surface area contributed by atoms with E-state index in [-0.39, 0.29) is 12.5 Å². The molecule has 0 radical (unpaired) electrons. The lowest BCUT2D eigenvalue weighted by molar-refractivity contribution is -0.123. The molecular weight excluding hydrogens is 374 g/mol. The maximum atomic E-state index is 11.9. The lowest BCUT2D eigenvalue weighted by atomic mass is 10.2. The first-order chi connectivity index (χ1) is 13.4. The van der Waals surface area contributed by atoms with Gasteiger partial charge in [-0.25, -0.2) is 5.43 Å². The third kappa shape index (κ3) is 4.81. The highest BCUT2D eigenvalue weighted by Crippen LogP contribution is 2.20. The number of hydrogen-bond donors (Lipinski definition) is 1. The quantitative estimate of drug-likeness (QED) is 0.490. The van der Waals surface area contributed by atoms with Crippen molar-refractivity contribution in [1.82, 2.24) is 9.99 Å². The van der Waals surface area contributed by atoms with Gasteiger partial charge in [-0.3, -0.25) is 4.79 Å². The molecule has 1 N–H and O–H groups in total. The molecule has 28 heavy (non-hydrogen) atoms. The number of rotatable bonds is 6. The fourth-order valence-electron chi connectivity index (χ4n) is 2.97. The predicted molar refractivity (Wildman–Crippen MR) is 113 cm³/mol. The Balaban J connectivity index is 1.62. The molecule has 0 atom stereocenters. The molecule has 3 aromatic rings. The van der Waals surface area contributed by atoms with Crippen molar-refractivity contribution in [2.75, 3.05) is 6.61 Å². The van der Waals surface area contributed by atoms with E-state index in [0.717, 1.165) is 22.6 Å². The maximum Gasteiger partial charge on any atom is 0.277 e. The number of hydrazone groups is 1. The van der Waals surface area contributed by atoms with Crippen LogP contribution in [0.3, 0.4) is 0 Å². The number of benzene rings is 2. The van der Waals surface area contributed by atoms with Crippen molar-refractivity contribution in [2.24, 2.45) is 5.10 Å². The second-order valence-electron chi connectivity index (χ2n) is 6.54. The second-order valence-corrected chi connectivity index (χ2v) is 6.97. The van der Waals surface area contributed by atoms with E-state index in [2.05, 4.69) is 40.2 Å². The van der Waals surface area contributed by atoms with Gasteiger partial charge in [0.25, 0.3) is 5.91 Å². The van der Waals surface area contributed by atoms with Crippen LogP contribution in [0.25, 0.3) is 5.69 Å². The minimum absolute atomic E-state index is 0.124. The van der Waals surface area contributed by atoms with Gasteiger partial charge in [-0.15, -0.1) is 0 Å². The molecule has 0 unspecified atom stereocenters. The highest BCUT2D eigenvalue weighted by molar-refractivity contribution is 6.30. The molecule has 0 saturated carbocycles. The number of ether oxygens (including phenoxy) is 1. The van der Waals surface area contributed by atoms with Crippen LogP contribution < -0.4 is 10.2 Å². The largest absolute Gasteiger partial charge is 0.484 e. The fourth-order valence-corrected chi connectivity index (χ4v) is 3.09. The smallest absolute Gasteiger partial charge is 0.277 e. The fraction of sp³-hybridized carbons (Fsp3) is 0.182. The van der Waals surface area contributed by atoms with Crippen molar-refractivity contribution in [3.8, 4) is 11.4 Å². The molecule has 0 aliphatic rings. The number of aromatic nitrogens is 1. The zero-order valence-electron chi connectivity index (χ0n) is 16.1. The first kappa shape index (κ1) is 19.7. The molecule has 0 aliphatic carbocycles. The molecule has 2 aromatic carbocycles. The molecule has 1 aromatic heterocycles. The zero-order chi connectivity index (χ0) is 20.1. The van der Waals surface area contributed by atoms with Gasteiger partial charge in [0.2, 0.25) is 0 Å². The molecule has 0 spiro atoms. The molecule has 0 saturated heterocycles. The van der Waals surface area contributed by atoms with Crippen molar-refractivity contribution in [2.45, 2.75) is 20.8 Å². The molecule has 3 rings (SSSR count). The number of aryl methyl sites for hydroxylation is 2. The molecule has 6 heteroatoms. The number of carbonyl (C=O) groups excluding carboxylic acids is 1. The Kier molecular flexibility index (Phi) is 6.16. The molecule has 0 aliphatic heterocycles. The van der Waals surface area contributed by atoms with Gasteiger partial charge in [-0.2, -0.15) is 5.10 Å². The van der Waals surface area contributed by atoms with Crippen LogP contribution in [-0.4, -0.2) is 23.3 Å². The molecular formula is C22H22ClN3O2. The molecule has 0 bridgehead atoms. The van der Waals surface area contributed by atoms with Gasteiger partial charge in [0.1, 0.15) is 5.75 Å². The van der Waals surface area contributed by atoms with Crippen molar-refractivity contribution >= 4 is 23.7 Å². The molecule has 1 amide bonds. The van der Waals surface area contributed by atoms with E-state index in [1.807, 2.05) is 26.0 Å². The number of nitrogens with zero attached hydrogens (tertiary/aromatic N) is 2. The Labute approximate surface area is 169 Å². The topological polar surface area (TPSA) is 55.6 Å². The number of nitrogens with one attached hydrogen (secondary N) is 1. The van der Waals surface area contributed by atoms with Gasteiger partial charge in [0, 0.05) is 27.7 Å². The van der Waals surface area contributed by atoms with Crippen molar-refractivity contribution < 1.29 is 9.53 Å². The second kappa shape index (κ2) is 8.76. The Morgan fingerprint density at radius 1 is 1.14 bits per heavy atom. The Morgan fingerprint density at radius 3 is 2.61 bits per heavy atom. The van der Waals surface area contributed by atoms with E-state index in [1.165, 1.54) is 5.56 Å². The predicted octanol–water partition coefficient (Wildman–Crippen LogP) is 4.59. The minimum Gasteiger partial charge on any atom is -0.484 e. The molecule has 1 heterocycles. The summed E-state index contributed by atoms with van der Waals surface area (Å²) in [5.74, 6) is 0.240. The highest BCUT2D eigenvalue weighted by atomic mass is 35.5. The Morgan fingerprint density at radius 2 is 1.89 bits per heavy atom. The van der Waals surface area contributed by atoms with Gasteiger partial charge in [0.05, 0.1) is 6.21 Å². The van der Waals surface area contributed by atoms with E-state index < -0.39 is 0 Å². The SMILES string of the molecule is Cc1cccc(-n2c(C)cc(/C=N\NC(=O)COc3ccc(Cl)cc3)c2C)c1. The van der Waals surface area contributed by atoms with Gasteiger partial charge in [0.15, 0.2) is 6.61 Å². The summed E-state index contributed by atoms with van der Waals surface area (Å²) in [6.07, 6.45) is 1.65. The standard InChI is InChI=1S/C22H22ClN3O2/c1-15-5-4-6-20(11-15)26-16(2)12-18(17(26)3)13-24-25-22(27)14-28-21-9-7-19(23)8-10-21/h4-13H,14H2,1-3H3,(H,25,27)/b24-13-. The van der Waals surface area contributed by atoms with Crippen LogP contribution in [0.4, 0.5) is 0 Å². The molecule has 144 valence electrons. The molecule has 0 fully saturated rings. The first-order valence-corrected chi connectivity index (χ1v) is 9.28. The summed E-state index contributed by atoms with van der Waals surface area (Å²) in [6.45, 7) is 6.02. The minimum atomic E-state index is -0.335. The van der Waals surface area contributed by atoms with Gasteiger partial charge in [-0.05, 0) is 68.8 Å². The van der Waals surface area contributed by atoms with Gasteiger partial charge >= 0.3 is 0 Å². The zero-order valence-corrected chi connectivity index (χ0v) is 16.8. The third-order valence-electron chi connectivity index (χ3n) is 4.31. The summed E-state index contributed by atoms with van der Waals surface area (Å²) in [5, 5.41) is 4.67. The number of halogens is 1. The summed E-state index contributed by atoms with van der Waals surface area (Å²) in [7, 11) is 0. The monoisotopic (exact) mass is 395 g/mol. The summed E-state index contributed by atoms with van der Waals surface area (Å²) < 4.78 is 7.56. The first-order valence-electron chi connectivity index (χ1n) is 8.90. The van der Waals surface area contributed by atoms with Gasteiger partial charge < -0.3 is 9.30 Å². The van der Waals surface area contributed by atoms with Crippen LogP contribution in [0, 0.1) is 20.8 Å². The van der Waals surface area contributed by atoms with E-state index in [9.17, 15) is 4.79 Å². The average molecular weight is 396 g/mol. The van der Waals surface area contributed by atoms with Crippen molar-refractivity contribution in [1.29, 1.82) is 0 Å².